The third-order valence-electron chi connectivity index (χ3n) is 8.04. The van der Waals surface area contributed by atoms with Crippen molar-refractivity contribution >= 4 is 0 Å². The highest BCUT2D eigenvalue weighted by atomic mass is 16.3. The summed E-state index contributed by atoms with van der Waals surface area (Å²) >= 11 is 0. The molecule has 9 atom stereocenters. The molecule has 21 heavy (non-hydrogen) atoms. The van der Waals surface area contributed by atoms with Gasteiger partial charge < -0.3 is 15.9 Å². The van der Waals surface area contributed by atoms with Gasteiger partial charge in [-0.3, -0.25) is 0 Å². The van der Waals surface area contributed by atoms with Crippen LogP contribution in [0.1, 0.15) is 58.3 Å². The molecule has 0 amide bonds. The summed E-state index contributed by atoms with van der Waals surface area (Å²) in [6.07, 6.45) is 8.97. The summed E-state index contributed by atoms with van der Waals surface area (Å²) in [5, 5.41) is 20.2. The molecule has 4 rings (SSSR count). The lowest BCUT2D eigenvalue weighted by molar-refractivity contribution is -0.0704. The van der Waals surface area contributed by atoms with Crippen molar-refractivity contribution < 1.29 is 10.2 Å². The maximum Gasteiger partial charge on any atom is 0.0699 e. The molecule has 0 heterocycles. The van der Waals surface area contributed by atoms with Crippen molar-refractivity contribution in [3.8, 4) is 0 Å². The first-order chi connectivity index (χ1) is 10.0. The van der Waals surface area contributed by atoms with Gasteiger partial charge >= 0.3 is 0 Å². The highest BCUT2D eigenvalue weighted by molar-refractivity contribution is 5.10. The minimum atomic E-state index is -0.287. The van der Waals surface area contributed by atoms with E-state index in [2.05, 4.69) is 6.92 Å². The van der Waals surface area contributed by atoms with E-state index in [1.807, 2.05) is 0 Å². The monoisotopic (exact) mass is 293 g/mol. The standard InChI is InChI=1S/C18H31NO2/c1-18-7-6-13-12-5-3-11(20)8-10(12)2-4-14(13)15(18)9-16(21)17(18)19/h10-17,20-21H,2-9,19H2,1H3/t10-,11+,12+,13-,14-,15+,16-,17+,18+/m1/s1. The summed E-state index contributed by atoms with van der Waals surface area (Å²) in [6.45, 7) is 2.34. The molecule has 0 unspecified atom stereocenters. The first-order valence-electron chi connectivity index (χ1n) is 9.12. The Bertz CT molecular complexity index is 414. The van der Waals surface area contributed by atoms with Gasteiger partial charge in [0.15, 0.2) is 0 Å². The Labute approximate surface area is 128 Å². The van der Waals surface area contributed by atoms with Crippen LogP contribution < -0.4 is 5.73 Å². The summed E-state index contributed by atoms with van der Waals surface area (Å²) in [5.74, 6) is 3.86. The van der Waals surface area contributed by atoms with Gasteiger partial charge in [-0.2, -0.15) is 0 Å². The van der Waals surface area contributed by atoms with Crippen LogP contribution in [0.15, 0.2) is 0 Å². The maximum atomic E-state index is 10.3. The third kappa shape index (κ3) is 2.04. The highest BCUT2D eigenvalue weighted by Gasteiger charge is 2.58. The van der Waals surface area contributed by atoms with Crippen LogP contribution in [0.4, 0.5) is 0 Å². The van der Waals surface area contributed by atoms with Crippen LogP contribution in [-0.2, 0) is 0 Å². The zero-order valence-electron chi connectivity index (χ0n) is 13.2. The molecule has 0 aromatic rings. The maximum absolute atomic E-state index is 10.3. The molecule has 0 aromatic heterocycles. The van der Waals surface area contributed by atoms with Gasteiger partial charge in [-0.1, -0.05) is 6.92 Å². The topological polar surface area (TPSA) is 66.5 Å². The lowest BCUT2D eigenvalue weighted by atomic mass is 9.50. The lowest BCUT2D eigenvalue weighted by Crippen LogP contribution is -2.52. The Balaban J connectivity index is 1.58. The fourth-order valence-electron chi connectivity index (χ4n) is 6.88. The van der Waals surface area contributed by atoms with Gasteiger partial charge in [-0.05, 0) is 86.4 Å². The molecule has 0 bridgehead atoms. The van der Waals surface area contributed by atoms with Crippen LogP contribution in [0.5, 0.6) is 0 Å². The van der Waals surface area contributed by atoms with Gasteiger partial charge in [0.2, 0.25) is 0 Å². The first-order valence-corrected chi connectivity index (χ1v) is 9.12. The molecule has 4 aliphatic carbocycles. The second-order valence-corrected chi connectivity index (χ2v) is 8.78. The second-order valence-electron chi connectivity index (χ2n) is 8.78. The zero-order chi connectivity index (χ0) is 14.8. The van der Waals surface area contributed by atoms with Gasteiger partial charge in [0.05, 0.1) is 12.2 Å². The van der Waals surface area contributed by atoms with Crippen LogP contribution in [0.25, 0.3) is 0 Å². The SMILES string of the molecule is C[C@]12CC[C@H]3[C@@H](CC[C@@H]4C[C@@H](O)CC[C@@H]43)[C@@H]1C[C@@H](O)[C@@H]2N. The molecule has 0 aliphatic heterocycles. The average molecular weight is 293 g/mol. The van der Waals surface area contributed by atoms with Crippen molar-refractivity contribution in [3.05, 3.63) is 0 Å². The van der Waals surface area contributed by atoms with Gasteiger partial charge in [0, 0.05) is 6.04 Å². The van der Waals surface area contributed by atoms with E-state index < -0.39 is 0 Å². The van der Waals surface area contributed by atoms with Crippen molar-refractivity contribution in [1.82, 2.24) is 0 Å². The van der Waals surface area contributed by atoms with Crippen molar-refractivity contribution in [3.63, 3.8) is 0 Å². The van der Waals surface area contributed by atoms with Gasteiger partial charge in [0.25, 0.3) is 0 Å². The van der Waals surface area contributed by atoms with Crippen molar-refractivity contribution in [2.45, 2.75) is 76.5 Å². The predicted octanol–water partition coefficient (Wildman–Crippen LogP) is 2.30. The summed E-state index contributed by atoms with van der Waals surface area (Å²) in [4.78, 5) is 0. The Morgan fingerprint density at radius 1 is 0.905 bits per heavy atom. The molecule has 0 spiro atoms. The Morgan fingerprint density at radius 3 is 2.48 bits per heavy atom. The number of aliphatic hydroxyl groups excluding tert-OH is 2. The van der Waals surface area contributed by atoms with Crippen LogP contribution in [0.2, 0.25) is 0 Å². The van der Waals surface area contributed by atoms with E-state index in [0.717, 1.165) is 42.9 Å². The van der Waals surface area contributed by atoms with E-state index in [-0.39, 0.29) is 23.7 Å². The Hall–Kier alpha value is -0.120. The summed E-state index contributed by atoms with van der Waals surface area (Å²) in [6, 6.07) is -0.0191. The highest BCUT2D eigenvalue weighted by Crippen LogP contribution is 2.62. The molecular formula is C18H31NO2. The molecule has 3 heteroatoms. The van der Waals surface area contributed by atoms with Gasteiger partial charge in [-0.15, -0.1) is 0 Å². The van der Waals surface area contributed by atoms with Crippen LogP contribution in [0.3, 0.4) is 0 Å². The molecule has 4 N–H and O–H groups in total. The van der Waals surface area contributed by atoms with Crippen LogP contribution >= 0.6 is 0 Å². The number of hydrogen-bond donors (Lipinski definition) is 3. The number of hydrogen-bond acceptors (Lipinski definition) is 3. The molecule has 0 radical (unpaired) electrons. The lowest BCUT2D eigenvalue weighted by Gasteiger charge is -2.55. The smallest absolute Gasteiger partial charge is 0.0699 e. The van der Waals surface area contributed by atoms with E-state index in [1.54, 1.807) is 0 Å². The number of fused-ring (bicyclic) bond motifs is 5. The third-order valence-corrected chi connectivity index (χ3v) is 8.04. The van der Waals surface area contributed by atoms with Gasteiger partial charge in [-0.25, -0.2) is 0 Å². The Kier molecular flexibility index (Phi) is 3.40. The molecule has 0 aromatic carbocycles. The molecule has 4 saturated carbocycles. The van der Waals surface area contributed by atoms with Crippen LogP contribution in [0, 0.1) is 35.0 Å². The van der Waals surface area contributed by atoms with Crippen molar-refractivity contribution in [1.29, 1.82) is 0 Å². The average Bonchev–Trinajstić information content (AvgIpc) is 2.70. The molecule has 4 aliphatic rings. The minimum absolute atomic E-state index is 0.0191. The van der Waals surface area contributed by atoms with Crippen LogP contribution in [-0.4, -0.2) is 28.5 Å². The first kappa shape index (κ1) is 14.5. The minimum Gasteiger partial charge on any atom is -0.393 e. The zero-order valence-corrected chi connectivity index (χ0v) is 13.2. The summed E-state index contributed by atoms with van der Waals surface area (Å²) in [5.41, 5.74) is 6.52. The largest absolute Gasteiger partial charge is 0.393 e. The van der Waals surface area contributed by atoms with E-state index in [0.29, 0.717) is 5.92 Å². The summed E-state index contributed by atoms with van der Waals surface area (Å²) < 4.78 is 0. The number of rotatable bonds is 0. The molecule has 4 fully saturated rings. The quantitative estimate of drug-likeness (QED) is 0.642. The van der Waals surface area contributed by atoms with E-state index in [4.69, 9.17) is 5.73 Å². The molecule has 3 nitrogen and oxygen atoms in total. The van der Waals surface area contributed by atoms with E-state index in [9.17, 15) is 10.2 Å². The normalized spacial score (nSPS) is 60.0. The number of nitrogens with two attached hydrogens (primary N) is 1. The fourth-order valence-corrected chi connectivity index (χ4v) is 6.88. The molecule has 0 saturated heterocycles. The van der Waals surface area contributed by atoms with Crippen molar-refractivity contribution in [2.75, 3.05) is 0 Å². The number of aliphatic hydroxyl groups is 2. The van der Waals surface area contributed by atoms with E-state index >= 15 is 0 Å². The van der Waals surface area contributed by atoms with E-state index in [1.165, 1.54) is 32.1 Å². The van der Waals surface area contributed by atoms with Crippen molar-refractivity contribution in [2.24, 2.45) is 40.7 Å². The second kappa shape index (κ2) is 4.94. The molecule has 120 valence electrons. The predicted molar refractivity (Wildman–Crippen MR) is 82.5 cm³/mol. The molecular weight excluding hydrogens is 262 g/mol. The fraction of sp³-hybridized carbons (Fsp3) is 1.00. The Morgan fingerprint density at radius 2 is 1.67 bits per heavy atom. The van der Waals surface area contributed by atoms with Gasteiger partial charge in [0.1, 0.15) is 0 Å². The summed E-state index contributed by atoms with van der Waals surface area (Å²) in [7, 11) is 0.